The number of carbonyl (C=O) groups is 2. The maximum atomic E-state index is 12.7. The number of anilines is 2. The number of amides is 2. The quantitative estimate of drug-likeness (QED) is 0.672. The topological polar surface area (TPSA) is 78.4 Å². The van der Waals surface area contributed by atoms with E-state index in [1.54, 1.807) is 0 Å². The molecule has 1 N–H and O–H groups in total. The lowest BCUT2D eigenvalue weighted by Gasteiger charge is -2.35. The Morgan fingerprint density at radius 3 is 2.50 bits per heavy atom. The molecule has 0 radical (unpaired) electrons. The summed E-state index contributed by atoms with van der Waals surface area (Å²) in [5.41, 5.74) is 1.91. The van der Waals surface area contributed by atoms with E-state index >= 15 is 0 Å². The zero-order valence-electron chi connectivity index (χ0n) is 18.6. The molecule has 2 saturated heterocycles. The molecule has 2 aliphatic heterocycles. The fraction of sp³-hybridized carbons (Fsp3) is 0.500. The van der Waals surface area contributed by atoms with Crippen molar-refractivity contribution in [3.8, 4) is 0 Å². The van der Waals surface area contributed by atoms with Gasteiger partial charge in [-0.25, -0.2) is 0 Å². The average molecular weight is 454 g/mol. The second-order valence-corrected chi connectivity index (χ2v) is 9.58. The van der Waals surface area contributed by atoms with Crippen molar-refractivity contribution in [2.24, 2.45) is 5.92 Å². The molecule has 2 amide bonds. The highest BCUT2D eigenvalue weighted by Crippen LogP contribution is 2.25. The lowest BCUT2D eigenvalue weighted by atomic mass is 9.94. The summed E-state index contributed by atoms with van der Waals surface area (Å²) in [4.78, 5) is 29.2. The van der Waals surface area contributed by atoms with Gasteiger partial charge in [0.1, 0.15) is 5.03 Å². The van der Waals surface area contributed by atoms with Crippen LogP contribution in [-0.2, 0) is 9.59 Å². The van der Waals surface area contributed by atoms with E-state index in [-0.39, 0.29) is 17.6 Å². The predicted molar refractivity (Wildman–Crippen MR) is 128 cm³/mol. The zero-order valence-corrected chi connectivity index (χ0v) is 19.4. The lowest BCUT2D eigenvalue weighted by molar-refractivity contribution is -0.137. The third kappa shape index (κ3) is 6.00. The number of aryl methyl sites for hydroxylation is 1. The minimum atomic E-state index is -0.0630. The Morgan fingerprint density at radius 2 is 1.81 bits per heavy atom. The predicted octanol–water partition coefficient (Wildman–Crippen LogP) is 3.74. The number of aromatic nitrogens is 2. The molecule has 0 atom stereocenters. The number of rotatable bonds is 6. The molecule has 7 nitrogen and oxygen atoms in total. The highest BCUT2D eigenvalue weighted by atomic mass is 32.2. The summed E-state index contributed by atoms with van der Waals surface area (Å²) in [7, 11) is 0. The first-order valence-corrected chi connectivity index (χ1v) is 12.4. The minimum absolute atomic E-state index is 0.0630. The summed E-state index contributed by atoms with van der Waals surface area (Å²) in [6.45, 7) is 5.49. The maximum absolute atomic E-state index is 12.7. The van der Waals surface area contributed by atoms with E-state index in [0.717, 1.165) is 74.0 Å². The van der Waals surface area contributed by atoms with E-state index < -0.39 is 0 Å². The molecule has 3 heterocycles. The van der Waals surface area contributed by atoms with Gasteiger partial charge in [-0.1, -0.05) is 23.9 Å². The molecule has 2 fully saturated rings. The maximum Gasteiger partial charge on any atom is 0.234 e. The van der Waals surface area contributed by atoms with Crippen LogP contribution in [0.1, 0.15) is 37.7 Å². The van der Waals surface area contributed by atoms with Crippen LogP contribution in [-0.4, -0.2) is 58.8 Å². The van der Waals surface area contributed by atoms with Gasteiger partial charge in [-0.15, -0.1) is 10.2 Å². The summed E-state index contributed by atoms with van der Waals surface area (Å²) in [6, 6.07) is 11.6. The summed E-state index contributed by atoms with van der Waals surface area (Å²) < 4.78 is 0. The van der Waals surface area contributed by atoms with Gasteiger partial charge < -0.3 is 15.1 Å². The lowest BCUT2D eigenvalue weighted by Crippen LogP contribution is -2.44. The highest BCUT2D eigenvalue weighted by Gasteiger charge is 2.29. The van der Waals surface area contributed by atoms with Gasteiger partial charge in [-0.05, 0) is 68.9 Å². The van der Waals surface area contributed by atoms with Gasteiger partial charge in [0.15, 0.2) is 5.82 Å². The number of carbonyl (C=O) groups excluding carboxylic acids is 2. The largest absolute Gasteiger partial charge is 0.355 e. The first-order valence-electron chi connectivity index (χ1n) is 11.5. The van der Waals surface area contributed by atoms with Gasteiger partial charge in [0.2, 0.25) is 11.8 Å². The monoisotopic (exact) mass is 453 g/mol. The number of thioether (sulfide) groups is 1. The number of piperidine rings is 2. The average Bonchev–Trinajstić information content (AvgIpc) is 2.83. The van der Waals surface area contributed by atoms with E-state index in [9.17, 15) is 9.59 Å². The molecule has 0 aliphatic carbocycles. The van der Waals surface area contributed by atoms with Gasteiger partial charge in [-0.3, -0.25) is 9.59 Å². The van der Waals surface area contributed by atoms with Gasteiger partial charge in [-0.2, -0.15) is 0 Å². The molecule has 2 aliphatic rings. The normalized spacial score (nSPS) is 17.3. The SMILES string of the molecule is Cc1cccc(NC(=O)CSc2ccc(N3CCC(C(=O)N4CCCCC4)CC3)nn2)c1. The molecule has 4 rings (SSSR count). The Balaban J connectivity index is 1.22. The van der Waals surface area contributed by atoms with Gasteiger partial charge in [0.25, 0.3) is 0 Å². The van der Waals surface area contributed by atoms with Crippen molar-refractivity contribution in [2.75, 3.05) is 42.1 Å². The van der Waals surface area contributed by atoms with Gasteiger partial charge >= 0.3 is 0 Å². The van der Waals surface area contributed by atoms with E-state index in [1.165, 1.54) is 18.2 Å². The van der Waals surface area contributed by atoms with Crippen molar-refractivity contribution >= 4 is 35.1 Å². The summed E-state index contributed by atoms with van der Waals surface area (Å²) >= 11 is 1.37. The second kappa shape index (κ2) is 10.8. The minimum Gasteiger partial charge on any atom is -0.355 e. The summed E-state index contributed by atoms with van der Waals surface area (Å²) in [5.74, 6) is 1.53. The third-order valence-corrected chi connectivity index (χ3v) is 7.03. The van der Waals surface area contributed by atoms with E-state index in [0.29, 0.717) is 5.91 Å². The van der Waals surface area contributed by atoms with Crippen LogP contribution in [0.25, 0.3) is 0 Å². The van der Waals surface area contributed by atoms with Crippen LogP contribution < -0.4 is 10.2 Å². The first kappa shape index (κ1) is 22.6. The summed E-state index contributed by atoms with van der Waals surface area (Å²) in [5, 5.41) is 12.3. The number of nitrogens with one attached hydrogen (secondary N) is 1. The van der Waals surface area contributed by atoms with E-state index in [4.69, 9.17) is 0 Å². The fourth-order valence-corrected chi connectivity index (χ4v) is 4.96. The molecular weight excluding hydrogens is 422 g/mol. The summed E-state index contributed by atoms with van der Waals surface area (Å²) in [6.07, 6.45) is 5.25. The molecule has 1 aromatic heterocycles. The molecule has 1 aromatic carbocycles. The Hall–Kier alpha value is -2.61. The molecule has 0 bridgehead atoms. The van der Waals surface area contributed by atoms with Crippen LogP contribution in [0.4, 0.5) is 11.5 Å². The number of hydrogen-bond acceptors (Lipinski definition) is 6. The van der Waals surface area contributed by atoms with E-state index in [2.05, 4.69) is 25.3 Å². The molecular formula is C24H31N5O2S. The van der Waals surface area contributed by atoms with Crippen LogP contribution in [0.2, 0.25) is 0 Å². The number of hydrogen-bond donors (Lipinski definition) is 1. The number of benzene rings is 1. The smallest absolute Gasteiger partial charge is 0.234 e. The van der Waals surface area contributed by atoms with Crippen LogP contribution in [0, 0.1) is 12.8 Å². The Kier molecular flexibility index (Phi) is 7.63. The molecule has 32 heavy (non-hydrogen) atoms. The molecule has 2 aromatic rings. The Bertz CT molecular complexity index is 922. The molecule has 0 spiro atoms. The highest BCUT2D eigenvalue weighted by molar-refractivity contribution is 7.99. The molecule has 8 heteroatoms. The van der Waals surface area contributed by atoms with Crippen molar-refractivity contribution < 1.29 is 9.59 Å². The van der Waals surface area contributed by atoms with Crippen molar-refractivity contribution in [3.63, 3.8) is 0 Å². The van der Waals surface area contributed by atoms with Crippen molar-refractivity contribution in [1.29, 1.82) is 0 Å². The van der Waals surface area contributed by atoms with Crippen molar-refractivity contribution in [1.82, 2.24) is 15.1 Å². The van der Waals surface area contributed by atoms with Crippen molar-refractivity contribution in [2.45, 2.75) is 44.1 Å². The van der Waals surface area contributed by atoms with E-state index in [1.807, 2.05) is 43.3 Å². The molecule has 0 unspecified atom stereocenters. The van der Waals surface area contributed by atoms with Crippen molar-refractivity contribution in [3.05, 3.63) is 42.0 Å². The number of nitrogens with zero attached hydrogens (tertiary/aromatic N) is 4. The van der Waals surface area contributed by atoms with Crippen LogP contribution in [0.15, 0.2) is 41.4 Å². The Morgan fingerprint density at radius 1 is 1.03 bits per heavy atom. The standard InChI is InChI=1S/C24H31N5O2S/c1-18-6-5-7-20(16-18)25-22(30)17-32-23-9-8-21(26-27-23)28-14-10-19(11-15-28)24(31)29-12-3-2-4-13-29/h5-9,16,19H,2-4,10-15,17H2,1H3,(H,25,30). The van der Waals surface area contributed by atoms with Crippen LogP contribution >= 0.6 is 11.8 Å². The van der Waals surface area contributed by atoms with Gasteiger partial charge in [0, 0.05) is 37.8 Å². The second-order valence-electron chi connectivity index (χ2n) is 8.58. The molecule has 170 valence electrons. The van der Waals surface area contributed by atoms with Gasteiger partial charge in [0.05, 0.1) is 5.75 Å². The molecule has 0 saturated carbocycles. The fourth-order valence-electron chi connectivity index (χ4n) is 4.35. The number of likely N-dealkylation sites (tertiary alicyclic amines) is 1. The first-order chi connectivity index (χ1) is 15.6. The zero-order chi connectivity index (χ0) is 22.3. The van der Waals surface area contributed by atoms with Crippen LogP contribution in [0.5, 0.6) is 0 Å². The third-order valence-electron chi connectivity index (χ3n) is 6.11. The van der Waals surface area contributed by atoms with Crippen LogP contribution in [0.3, 0.4) is 0 Å². The Labute approximate surface area is 194 Å².